The Balaban J connectivity index is 2.26. The zero-order valence-electron chi connectivity index (χ0n) is 12.5. The first-order chi connectivity index (χ1) is 10.1. The molecule has 0 saturated heterocycles. The molecule has 2 aromatic carbocycles. The molecule has 0 radical (unpaired) electrons. The van der Waals surface area contributed by atoms with Crippen LogP contribution in [0.1, 0.15) is 22.3 Å². The summed E-state index contributed by atoms with van der Waals surface area (Å²) >= 11 is 5.85. The normalized spacial score (nSPS) is 10.8. The van der Waals surface area contributed by atoms with E-state index in [2.05, 4.69) is 67.3 Å². The van der Waals surface area contributed by atoms with Gasteiger partial charge in [-0.05, 0) is 0 Å². The molecule has 0 aromatic heterocycles. The first-order valence-electron chi connectivity index (χ1n) is 6.93. The molecular formula is C17H19NS2Zn. The minimum atomic E-state index is 0.910. The predicted octanol–water partition coefficient (Wildman–Crippen LogP) is 4.52. The van der Waals surface area contributed by atoms with Crippen molar-refractivity contribution in [2.45, 2.75) is 26.9 Å². The molecule has 106 valence electrons. The van der Waals surface area contributed by atoms with E-state index in [4.69, 9.17) is 12.6 Å². The van der Waals surface area contributed by atoms with Gasteiger partial charge in [0, 0.05) is 0 Å². The van der Waals surface area contributed by atoms with Gasteiger partial charge in [0.25, 0.3) is 0 Å². The second-order valence-corrected chi connectivity index (χ2v) is 8.35. The molecule has 0 unspecified atom stereocenters. The molecule has 0 saturated carbocycles. The van der Waals surface area contributed by atoms with Crippen molar-refractivity contribution in [3.63, 3.8) is 0 Å². The van der Waals surface area contributed by atoms with Crippen LogP contribution in [0.3, 0.4) is 0 Å². The van der Waals surface area contributed by atoms with Gasteiger partial charge in [0.2, 0.25) is 0 Å². The van der Waals surface area contributed by atoms with Crippen molar-refractivity contribution in [3.8, 4) is 0 Å². The third-order valence-corrected chi connectivity index (χ3v) is 8.08. The van der Waals surface area contributed by atoms with E-state index in [1.165, 1.54) is 22.3 Å². The van der Waals surface area contributed by atoms with Crippen molar-refractivity contribution in [3.05, 3.63) is 70.8 Å². The Morgan fingerprint density at radius 3 is 1.76 bits per heavy atom. The molecule has 2 aromatic rings. The van der Waals surface area contributed by atoms with Crippen LogP contribution in [-0.4, -0.2) is 9.22 Å². The summed E-state index contributed by atoms with van der Waals surface area (Å²) in [6.45, 7) is 6.17. The van der Waals surface area contributed by atoms with Gasteiger partial charge in [-0.2, -0.15) is 0 Å². The van der Waals surface area contributed by atoms with Gasteiger partial charge in [0.05, 0.1) is 0 Å². The molecule has 0 aliphatic heterocycles. The molecule has 1 nitrogen and oxygen atoms in total. The predicted molar refractivity (Wildman–Crippen MR) is 93.2 cm³/mol. The molecule has 4 heteroatoms. The molecule has 0 atom stereocenters. The van der Waals surface area contributed by atoms with E-state index in [1.807, 2.05) is 8.84 Å². The second-order valence-electron chi connectivity index (χ2n) is 5.14. The van der Waals surface area contributed by atoms with Gasteiger partial charge < -0.3 is 0 Å². The Morgan fingerprint density at radius 1 is 0.952 bits per heavy atom. The van der Waals surface area contributed by atoms with Crippen LogP contribution in [0.15, 0.2) is 48.5 Å². The van der Waals surface area contributed by atoms with Gasteiger partial charge in [0.15, 0.2) is 0 Å². The zero-order valence-corrected chi connectivity index (χ0v) is 17.2. The topological polar surface area (TPSA) is 3.24 Å². The summed E-state index contributed by atoms with van der Waals surface area (Å²) in [5.74, 6) is 0. The van der Waals surface area contributed by atoms with Crippen LogP contribution in [0.5, 0.6) is 0 Å². The van der Waals surface area contributed by atoms with E-state index in [9.17, 15) is 0 Å². The molecule has 21 heavy (non-hydrogen) atoms. The summed E-state index contributed by atoms with van der Waals surface area (Å²) < 4.78 is 1.11. The van der Waals surface area contributed by atoms with Crippen LogP contribution < -0.4 is 0 Å². The van der Waals surface area contributed by atoms with Crippen molar-refractivity contribution in [2.75, 3.05) is 0 Å². The molecule has 0 fully saturated rings. The Morgan fingerprint density at radius 2 is 1.38 bits per heavy atom. The average molecular weight is 367 g/mol. The van der Waals surface area contributed by atoms with Gasteiger partial charge in [-0.15, -0.1) is 0 Å². The van der Waals surface area contributed by atoms with Gasteiger partial charge >= 0.3 is 145 Å². The van der Waals surface area contributed by atoms with E-state index in [0.29, 0.717) is 0 Å². The standard InChI is InChI=1S/C17H19NS2.Zn/c1-13-7-3-5-9-15(13)11-18(17(19)20)12-16-10-6-4-8-14(16)2;/h3-10H,11-12H2,1-2H3,(H,19,20);. The summed E-state index contributed by atoms with van der Waals surface area (Å²) in [6.07, 6.45) is 0. The summed E-state index contributed by atoms with van der Waals surface area (Å²) in [5.41, 5.74) is 5.41. The van der Waals surface area contributed by atoms with Crippen molar-refractivity contribution >= 4 is 25.8 Å². The molecule has 0 heterocycles. The third-order valence-electron chi connectivity index (χ3n) is 3.64. The van der Waals surface area contributed by atoms with Crippen LogP contribution in [0.25, 0.3) is 0 Å². The fourth-order valence-electron chi connectivity index (χ4n) is 2.27. The van der Waals surface area contributed by atoms with Gasteiger partial charge in [0.1, 0.15) is 0 Å². The van der Waals surface area contributed by atoms with Crippen LogP contribution in [-0.2, 0) is 29.6 Å². The number of benzene rings is 2. The van der Waals surface area contributed by atoms with Crippen molar-refractivity contribution in [1.29, 1.82) is 0 Å². The number of thiol groups is 1. The molecule has 2 rings (SSSR count). The van der Waals surface area contributed by atoms with E-state index in [0.717, 1.165) is 34.0 Å². The average Bonchev–Trinajstić information content (AvgIpc) is 2.50. The fourth-order valence-corrected chi connectivity index (χ4v) is 3.87. The number of hydrogen-bond donors (Lipinski definition) is 1. The molecular weight excluding hydrogens is 348 g/mol. The second kappa shape index (κ2) is 8.19. The Bertz CT molecular complexity index is 630. The summed E-state index contributed by atoms with van der Waals surface area (Å²) in [5, 5.41) is 0. The van der Waals surface area contributed by atoms with Gasteiger partial charge in [-0.1, -0.05) is 0 Å². The zero-order chi connectivity index (χ0) is 15.2. The van der Waals surface area contributed by atoms with Crippen molar-refractivity contribution < 1.29 is 16.6 Å². The molecule has 0 bridgehead atoms. The maximum atomic E-state index is 4.69. The summed E-state index contributed by atoms with van der Waals surface area (Å²) in [7, 11) is 1.81. The quantitative estimate of drug-likeness (QED) is 0.473. The summed E-state index contributed by atoms with van der Waals surface area (Å²) in [4.78, 5) is 2.36. The number of rotatable bonds is 4. The molecule has 0 aliphatic carbocycles. The molecule has 0 spiro atoms. The van der Waals surface area contributed by atoms with Crippen LogP contribution in [0, 0.1) is 13.8 Å². The Labute approximate surface area is 144 Å². The number of nitrogens with zero attached hydrogens (tertiary/aromatic N) is 1. The van der Waals surface area contributed by atoms with Crippen molar-refractivity contribution in [2.24, 2.45) is 0 Å². The van der Waals surface area contributed by atoms with Crippen LogP contribution in [0.2, 0.25) is 0 Å². The first-order valence-corrected chi connectivity index (χ1v) is 12.0. The summed E-state index contributed by atoms with van der Waals surface area (Å²) in [6, 6.07) is 17.2. The third kappa shape index (κ3) is 4.72. The monoisotopic (exact) mass is 365 g/mol. The van der Waals surface area contributed by atoms with Gasteiger partial charge in [-0.3, -0.25) is 0 Å². The maximum absolute atomic E-state index is 4.69. The molecule has 0 N–H and O–H groups in total. The minimum absolute atomic E-state index is 0.910. The Hall–Kier alpha value is -0.537. The molecule has 0 amide bonds. The van der Waals surface area contributed by atoms with Gasteiger partial charge in [-0.25, -0.2) is 0 Å². The molecule has 0 aliphatic rings. The Kier molecular flexibility index (Phi) is 6.56. The van der Waals surface area contributed by atoms with Crippen molar-refractivity contribution in [1.82, 2.24) is 4.90 Å². The number of hydrogen-bond acceptors (Lipinski definition) is 0. The van der Waals surface area contributed by atoms with E-state index in [-0.39, 0.29) is 0 Å². The first kappa shape index (κ1) is 16.8. The SMILES string of the molecule is Cc1ccccc1CN(Cc1ccccc1C)C(S)=[S]=[Zn]. The van der Waals surface area contributed by atoms with E-state index >= 15 is 0 Å². The van der Waals surface area contributed by atoms with Crippen LogP contribution in [0.4, 0.5) is 0 Å². The van der Waals surface area contributed by atoms with E-state index < -0.39 is 0 Å². The number of aryl methyl sites for hydroxylation is 2. The van der Waals surface area contributed by atoms with E-state index in [1.54, 1.807) is 0 Å². The van der Waals surface area contributed by atoms with Crippen LogP contribution >= 0.6 is 21.5 Å². The fraction of sp³-hybridized carbons (Fsp3) is 0.235.